The second-order valence-electron chi connectivity index (χ2n) is 6.66. The van der Waals surface area contributed by atoms with Crippen LogP contribution in [0.3, 0.4) is 0 Å². The van der Waals surface area contributed by atoms with Gasteiger partial charge in [-0.25, -0.2) is 9.82 Å². The molecule has 0 atom stereocenters. The van der Waals surface area contributed by atoms with E-state index in [4.69, 9.17) is 0 Å². The summed E-state index contributed by atoms with van der Waals surface area (Å²) in [5.41, 5.74) is 5.51. The molecule has 32 heavy (non-hydrogen) atoms. The molecular weight excluding hydrogens is 497 g/mol. The summed E-state index contributed by atoms with van der Waals surface area (Å²) in [4.78, 5) is 12.2. The van der Waals surface area contributed by atoms with Crippen molar-refractivity contribution in [2.24, 2.45) is 12.1 Å². The number of halogens is 2. The number of carbonyl (C=O) groups is 1. The van der Waals surface area contributed by atoms with E-state index < -0.39 is 0 Å². The zero-order valence-electron chi connectivity index (χ0n) is 16.8. The highest BCUT2D eigenvalue weighted by atomic mass is 79.9. The predicted octanol–water partition coefficient (Wildman–Crippen LogP) is 4.02. The molecule has 162 valence electrons. The molecule has 0 radical (unpaired) electrons. The Bertz CT molecular complexity index is 1270. The molecule has 0 aliphatic rings. The van der Waals surface area contributed by atoms with Crippen LogP contribution < -0.4 is 5.43 Å². The summed E-state index contributed by atoms with van der Waals surface area (Å²) in [6.45, 7) is 0. The minimum atomic E-state index is -0.320. The summed E-state index contributed by atoms with van der Waals surface area (Å²) in [5, 5.41) is 19.8. The average Bonchev–Trinajstić information content (AvgIpc) is 3.39. The van der Waals surface area contributed by atoms with Crippen molar-refractivity contribution in [1.82, 2.24) is 30.4 Å². The Morgan fingerprint density at radius 2 is 2.06 bits per heavy atom. The number of amides is 1. The van der Waals surface area contributed by atoms with Gasteiger partial charge in [0.15, 0.2) is 11.0 Å². The molecule has 2 N–H and O–H groups in total. The summed E-state index contributed by atoms with van der Waals surface area (Å²) in [6, 6.07) is 13.8. The number of thioether (sulfide) groups is 1. The molecule has 2 aromatic carbocycles. The van der Waals surface area contributed by atoms with Gasteiger partial charge < -0.3 is 4.57 Å². The van der Waals surface area contributed by atoms with E-state index in [1.54, 1.807) is 18.3 Å². The van der Waals surface area contributed by atoms with E-state index >= 15 is 0 Å². The van der Waals surface area contributed by atoms with Gasteiger partial charge in [0.05, 0.1) is 23.9 Å². The largest absolute Gasteiger partial charge is 0.305 e. The van der Waals surface area contributed by atoms with E-state index in [9.17, 15) is 9.18 Å². The van der Waals surface area contributed by atoms with Crippen molar-refractivity contribution in [2.75, 3.05) is 5.75 Å². The Morgan fingerprint density at radius 1 is 1.25 bits per heavy atom. The van der Waals surface area contributed by atoms with Gasteiger partial charge in [0.25, 0.3) is 5.91 Å². The van der Waals surface area contributed by atoms with Gasteiger partial charge >= 0.3 is 0 Å². The molecule has 0 unspecified atom stereocenters. The third-order valence-corrected chi connectivity index (χ3v) is 5.96. The molecule has 2 heterocycles. The van der Waals surface area contributed by atoms with Crippen LogP contribution in [0.2, 0.25) is 0 Å². The minimum Gasteiger partial charge on any atom is -0.305 e. The van der Waals surface area contributed by atoms with Crippen molar-refractivity contribution in [3.63, 3.8) is 0 Å². The highest BCUT2D eigenvalue weighted by Gasteiger charge is 2.13. The first-order chi connectivity index (χ1) is 15.5. The number of hydrazone groups is 1. The van der Waals surface area contributed by atoms with Gasteiger partial charge in [0, 0.05) is 28.2 Å². The summed E-state index contributed by atoms with van der Waals surface area (Å²) in [7, 11) is 1.85. The summed E-state index contributed by atoms with van der Waals surface area (Å²) < 4.78 is 15.9. The Labute approximate surface area is 195 Å². The van der Waals surface area contributed by atoms with Crippen molar-refractivity contribution in [1.29, 1.82) is 0 Å². The van der Waals surface area contributed by atoms with E-state index in [-0.39, 0.29) is 17.5 Å². The van der Waals surface area contributed by atoms with Crippen LogP contribution in [0.25, 0.3) is 22.6 Å². The number of hydrogen-bond donors (Lipinski definition) is 2. The quantitative estimate of drug-likeness (QED) is 0.221. The third kappa shape index (κ3) is 5.11. The molecule has 0 bridgehead atoms. The lowest BCUT2D eigenvalue weighted by Crippen LogP contribution is -2.19. The highest BCUT2D eigenvalue weighted by molar-refractivity contribution is 9.10. The molecule has 0 saturated heterocycles. The third-order valence-electron chi connectivity index (χ3n) is 4.44. The maximum Gasteiger partial charge on any atom is 0.250 e. The van der Waals surface area contributed by atoms with Gasteiger partial charge in [-0.3, -0.25) is 9.89 Å². The first-order valence-corrected chi connectivity index (χ1v) is 11.2. The molecule has 0 saturated carbocycles. The van der Waals surface area contributed by atoms with Crippen LogP contribution in [0.1, 0.15) is 5.56 Å². The van der Waals surface area contributed by atoms with Crippen molar-refractivity contribution < 1.29 is 9.18 Å². The average molecular weight is 514 g/mol. The van der Waals surface area contributed by atoms with Gasteiger partial charge in [-0.1, -0.05) is 39.8 Å². The Kier molecular flexibility index (Phi) is 6.76. The predicted molar refractivity (Wildman–Crippen MR) is 125 cm³/mol. The number of aromatic amines is 1. The maximum absolute atomic E-state index is 13.1. The lowest BCUT2D eigenvalue weighted by molar-refractivity contribution is -0.118. The Balaban J connectivity index is 1.34. The maximum atomic E-state index is 13.1. The molecule has 0 fully saturated rings. The molecular formula is C21H17BrFN7OS. The van der Waals surface area contributed by atoms with Crippen molar-refractivity contribution in [2.45, 2.75) is 5.16 Å². The van der Waals surface area contributed by atoms with Crippen molar-refractivity contribution in [3.8, 4) is 22.6 Å². The topological polar surface area (TPSA) is 101 Å². The molecule has 11 heteroatoms. The molecule has 8 nitrogen and oxygen atoms in total. The van der Waals surface area contributed by atoms with Gasteiger partial charge in [0.2, 0.25) is 0 Å². The second-order valence-corrected chi connectivity index (χ2v) is 8.52. The van der Waals surface area contributed by atoms with Gasteiger partial charge in [-0.15, -0.1) is 10.2 Å². The van der Waals surface area contributed by atoms with Gasteiger partial charge in [-0.2, -0.15) is 10.2 Å². The lowest BCUT2D eigenvalue weighted by atomic mass is 10.1. The van der Waals surface area contributed by atoms with E-state index in [0.29, 0.717) is 22.2 Å². The molecule has 1 amide bonds. The fourth-order valence-electron chi connectivity index (χ4n) is 2.90. The minimum absolute atomic E-state index is 0.123. The first-order valence-electron chi connectivity index (χ1n) is 9.40. The van der Waals surface area contributed by atoms with Gasteiger partial charge in [-0.05, 0) is 36.4 Å². The Hall–Kier alpha value is -3.31. The van der Waals surface area contributed by atoms with Crippen LogP contribution in [0, 0.1) is 5.82 Å². The van der Waals surface area contributed by atoms with Crippen LogP contribution in [-0.4, -0.2) is 42.8 Å². The molecule has 0 spiro atoms. The zero-order chi connectivity index (χ0) is 22.5. The van der Waals surface area contributed by atoms with Crippen LogP contribution in [0.4, 0.5) is 4.39 Å². The number of nitrogens with zero attached hydrogens (tertiary/aromatic N) is 5. The number of rotatable bonds is 7. The van der Waals surface area contributed by atoms with Crippen molar-refractivity contribution in [3.05, 3.63) is 70.6 Å². The van der Waals surface area contributed by atoms with E-state index in [1.807, 2.05) is 35.9 Å². The fraction of sp³-hybridized carbons (Fsp3) is 0.0952. The molecule has 0 aliphatic carbocycles. The summed E-state index contributed by atoms with van der Waals surface area (Å²) in [6.07, 6.45) is 3.06. The van der Waals surface area contributed by atoms with Crippen LogP contribution in [0.5, 0.6) is 0 Å². The Morgan fingerprint density at radius 3 is 2.84 bits per heavy atom. The number of nitrogens with one attached hydrogen (secondary N) is 2. The summed E-state index contributed by atoms with van der Waals surface area (Å²) in [5.74, 6) is 0.225. The summed E-state index contributed by atoms with van der Waals surface area (Å²) >= 11 is 4.71. The van der Waals surface area contributed by atoms with Crippen LogP contribution in [-0.2, 0) is 11.8 Å². The first kappa shape index (κ1) is 21.9. The number of carbonyl (C=O) groups excluding carboxylic acids is 1. The van der Waals surface area contributed by atoms with E-state index in [0.717, 1.165) is 15.6 Å². The fourth-order valence-corrected chi connectivity index (χ4v) is 4.00. The van der Waals surface area contributed by atoms with E-state index in [2.05, 4.69) is 46.9 Å². The van der Waals surface area contributed by atoms with Crippen molar-refractivity contribution >= 4 is 39.8 Å². The van der Waals surface area contributed by atoms with Gasteiger partial charge in [0.1, 0.15) is 5.82 Å². The molecule has 4 aromatic rings. The second kappa shape index (κ2) is 9.88. The zero-order valence-corrected chi connectivity index (χ0v) is 19.2. The number of benzene rings is 2. The standard InChI is InChI=1S/C21H17BrFN7OS/c1-30-20(14-3-2-4-16(22)9-14)28-29-21(30)32-12-18(31)26-24-10-15-11-25-27-19(15)13-5-7-17(23)8-6-13/h2-11H,12H2,1H3,(H,25,27)(H,26,31). The van der Waals surface area contributed by atoms with Crippen LogP contribution >= 0.6 is 27.7 Å². The number of H-pyrrole nitrogens is 1. The molecule has 0 aliphatic heterocycles. The number of hydrogen-bond acceptors (Lipinski definition) is 6. The SMILES string of the molecule is Cn1c(SCC(=O)NN=Cc2cn[nH]c2-c2ccc(F)cc2)nnc1-c1cccc(Br)c1. The normalized spacial score (nSPS) is 11.2. The monoisotopic (exact) mass is 513 g/mol. The van der Waals surface area contributed by atoms with E-state index in [1.165, 1.54) is 30.1 Å². The highest BCUT2D eigenvalue weighted by Crippen LogP contribution is 2.25. The molecule has 4 rings (SSSR count). The lowest BCUT2D eigenvalue weighted by Gasteiger charge is -2.04. The molecule has 2 aromatic heterocycles. The number of aromatic nitrogens is 5. The smallest absolute Gasteiger partial charge is 0.250 e. The van der Waals surface area contributed by atoms with Crippen LogP contribution in [0.15, 0.2) is 69.5 Å².